The van der Waals surface area contributed by atoms with Crippen LogP contribution in [0.2, 0.25) is 0 Å². The lowest BCUT2D eigenvalue weighted by atomic mass is 10.2. The van der Waals surface area contributed by atoms with Gasteiger partial charge >= 0.3 is 5.97 Å². The first-order chi connectivity index (χ1) is 8.58. The second-order valence-electron chi connectivity index (χ2n) is 3.44. The highest BCUT2D eigenvalue weighted by molar-refractivity contribution is 9.10. The standard InChI is InChI=1S/C12H9BrN2O2S/c13-7-1-3-8(4-2-7)18-11-10(14)9(12(16)17)5-6-15-11/h1-6H,14H2,(H,16,17). The van der Waals surface area contributed by atoms with Crippen molar-refractivity contribution in [3.63, 3.8) is 0 Å². The number of nitrogen functional groups attached to an aromatic ring is 1. The predicted molar refractivity (Wildman–Crippen MR) is 73.9 cm³/mol. The van der Waals surface area contributed by atoms with Gasteiger partial charge < -0.3 is 10.8 Å². The van der Waals surface area contributed by atoms with Gasteiger partial charge in [-0.2, -0.15) is 0 Å². The number of aromatic carboxylic acids is 1. The maximum Gasteiger partial charge on any atom is 0.337 e. The summed E-state index contributed by atoms with van der Waals surface area (Å²) in [5.41, 5.74) is 6.05. The first kappa shape index (κ1) is 12.9. The van der Waals surface area contributed by atoms with E-state index >= 15 is 0 Å². The number of pyridine rings is 1. The molecule has 0 unspecified atom stereocenters. The molecule has 0 bridgehead atoms. The third kappa shape index (κ3) is 2.83. The molecule has 18 heavy (non-hydrogen) atoms. The van der Waals surface area contributed by atoms with Gasteiger partial charge in [0, 0.05) is 15.6 Å². The Kier molecular flexibility index (Phi) is 3.88. The van der Waals surface area contributed by atoms with Crippen molar-refractivity contribution in [2.75, 3.05) is 5.73 Å². The number of carboxylic acid groups (broad SMARTS) is 1. The molecule has 0 aliphatic rings. The number of hydrogen-bond donors (Lipinski definition) is 2. The Morgan fingerprint density at radius 3 is 2.56 bits per heavy atom. The van der Waals surface area contributed by atoms with E-state index in [0.717, 1.165) is 9.37 Å². The van der Waals surface area contributed by atoms with Gasteiger partial charge in [0.05, 0.1) is 11.3 Å². The van der Waals surface area contributed by atoms with Crippen LogP contribution in [0.1, 0.15) is 10.4 Å². The van der Waals surface area contributed by atoms with Gasteiger partial charge in [0.2, 0.25) is 0 Å². The molecule has 0 amide bonds. The highest BCUT2D eigenvalue weighted by atomic mass is 79.9. The molecule has 1 aromatic heterocycles. The average Bonchev–Trinajstić information content (AvgIpc) is 2.34. The second kappa shape index (κ2) is 5.41. The summed E-state index contributed by atoms with van der Waals surface area (Å²) in [7, 11) is 0. The molecular formula is C12H9BrN2O2S. The van der Waals surface area contributed by atoms with E-state index < -0.39 is 5.97 Å². The van der Waals surface area contributed by atoms with Crippen molar-refractivity contribution in [2.24, 2.45) is 0 Å². The van der Waals surface area contributed by atoms with E-state index in [4.69, 9.17) is 10.8 Å². The first-order valence-electron chi connectivity index (χ1n) is 4.99. The maximum absolute atomic E-state index is 10.9. The Balaban J connectivity index is 2.32. The van der Waals surface area contributed by atoms with Crippen molar-refractivity contribution in [1.29, 1.82) is 0 Å². The highest BCUT2D eigenvalue weighted by Crippen LogP contribution is 2.32. The van der Waals surface area contributed by atoms with E-state index in [9.17, 15) is 4.79 Å². The van der Waals surface area contributed by atoms with Gasteiger partial charge in [-0.25, -0.2) is 9.78 Å². The smallest absolute Gasteiger partial charge is 0.337 e. The van der Waals surface area contributed by atoms with Gasteiger partial charge in [-0.05, 0) is 30.3 Å². The number of carboxylic acids is 1. The topological polar surface area (TPSA) is 76.2 Å². The molecule has 2 aromatic rings. The molecule has 1 aromatic carbocycles. The average molecular weight is 325 g/mol. The Hall–Kier alpha value is -1.53. The number of nitrogens with two attached hydrogens (primary N) is 1. The van der Waals surface area contributed by atoms with Crippen LogP contribution in [0.3, 0.4) is 0 Å². The molecule has 0 saturated heterocycles. The molecule has 0 aliphatic heterocycles. The molecule has 0 saturated carbocycles. The number of anilines is 1. The summed E-state index contributed by atoms with van der Waals surface area (Å²) in [5.74, 6) is -1.05. The Morgan fingerprint density at radius 2 is 1.94 bits per heavy atom. The van der Waals surface area contributed by atoms with Gasteiger partial charge in [0.15, 0.2) is 0 Å². The van der Waals surface area contributed by atoms with Gasteiger partial charge in [-0.1, -0.05) is 27.7 Å². The van der Waals surface area contributed by atoms with Crippen LogP contribution in [0.4, 0.5) is 5.69 Å². The van der Waals surface area contributed by atoms with Crippen molar-refractivity contribution in [2.45, 2.75) is 9.92 Å². The summed E-state index contributed by atoms with van der Waals surface area (Å²) in [5, 5.41) is 9.47. The van der Waals surface area contributed by atoms with Crippen LogP contribution in [-0.2, 0) is 0 Å². The molecule has 4 nitrogen and oxygen atoms in total. The van der Waals surface area contributed by atoms with Gasteiger partial charge in [-0.15, -0.1) is 0 Å². The van der Waals surface area contributed by atoms with Crippen LogP contribution in [0, 0.1) is 0 Å². The third-order valence-corrected chi connectivity index (χ3v) is 3.77. The molecule has 2 rings (SSSR count). The SMILES string of the molecule is Nc1c(C(=O)O)ccnc1Sc1ccc(Br)cc1. The molecule has 1 heterocycles. The molecule has 0 fully saturated rings. The van der Waals surface area contributed by atoms with Crippen molar-refractivity contribution in [3.05, 3.63) is 46.6 Å². The van der Waals surface area contributed by atoms with E-state index in [1.54, 1.807) is 0 Å². The number of benzene rings is 1. The summed E-state index contributed by atoms with van der Waals surface area (Å²) < 4.78 is 0.979. The van der Waals surface area contributed by atoms with Crippen molar-refractivity contribution in [1.82, 2.24) is 4.98 Å². The summed E-state index contributed by atoms with van der Waals surface area (Å²) >= 11 is 4.68. The Labute approximate surface area is 116 Å². The quantitative estimate of drug-likeness (QED) is 0.906. The van der Waals surface area contributed by atoms with E-state index in [1.807, 2.05) is 24.3 Å². The van der Waals surface area contributed by atoms with Crippen molar-refractivity contribution >= 4 is 39.3 Å². The summed E-state index contributed by atoms with van der Waals surface area (Å²) in [6.45, 7) is 0. The number of hydrogen-bond acceptors (Lipinski definition) is 4. The first-order valence-corrected chi connectivity index (χ1v) is 6.60. The van der Waals surface area contributed by atoms with Crippen LogP contribution in [0.15, 0.2) is 50.9 Å². The van der Waals surface area contributed by atoms with E-state index in [0.29, 0.717) is 5.03 Å². The van der Waals surface area contributed by atoms with Gasteiger partial charge in [0.25, 0.3) is 0 Å². The monoisotopic (exact) mass is 324 g/mol. The number of nitrogens with zero attached hydrogens (tertiary/aromatic N) is 1. The minimum absolute atomic E-state index is 0.0737. The normalized spacial score (nSPS) is 10.3. The largest absolute Gasteiger partial charge is 0.478 e. The fourth-order valence-electron chi connectivity index (χ4n) is 1.34. The van der Waals surface area contributed by atoms with E-state index in [-0.39, 0.29) is 11.3 Å². The van der Waals surface area contributed by atoms with Crippen molar-refractivity contribution in [3.8, 4) is 0 Å². The molecule has 0 radical (unpaired) electrons. The lowest BCUT2D eigenvalue weighted by molar-refractivity contribution is 0.0697. The van der Waals surface area contributed by atoms with Crippen LogP contribution in [0.25, 0.3) is 0 Å². The number of carbonyl (C=O) groups is 1. The van der Waals surface area contributed by atoms with Crippen LogP contribution < -0.4 is 5.73 Å². The van der Waals surface area contributed by atoms with Crippen LogP contribution in [0.5, 0.6) is 0 Å². The van der Waals surface area contributed by atoms with Crippen LogP contribution in [-0.4, -0.2) is 16.1 Å². The zero-order valence-corrected chi connectivity index (χ0v) is 11.5. The summed E-state index contributed by atoms with van der Waals surface area (Å²) in [6.07, 6.45) is 1.45. The Bertz CT molecular complexity index is 587. The molecular weight excluding hydrogens is 316 g/mol. The zero-order valence-electron chi connectivity index (χ0n) is 9.13. The second-order valence-corrected chi connectivity index (χ2v) is 5.42. The number of aromatic nitrogens is 1. The van der Waals surface area contributed by atoms with E-state index in [2.05, 4.69) is 20.9 Å². The zero-order chi connectivity index (χ0) is 13.1. The van der Waals surface area contributed by atoms with Gasteiger partial charge in [0.1, 0.15) is 5.03 Å². The molecule has 3 N–H and O–H groups in total. The third-order valence-electron chi connectivity index (χ3n) is 2.21. The number of halogens is 1. The van der Waals surface area contributed by atoms with Crippen molar-refractivity contribution < 1.29 is 9.90 Å². The molecule has 0 spiro atoms. The Morgan fingerprint density at radius 1 is 1.28 bits per heavy atom. The summed E-state index contributed by atoms with van der Waals surface area (Å²) in [4.78, 5) is 16.0. The highest BCUT2D eigenvalue weighted by Gasteiger charge is 2.13. The molecule has 6 heteroatoms. The fourth-order valence-corrected chi connectivity index (χ4v) is 2.43. The molecule has 0 atom stereocenters. The number of rotatable bonds is 3. The molecule has 92 valence electrons. The van der Waals surface area contributed by atoms with E-state index in [1.165, 1.54) is 24.0 Å². The minimum Gasteiger partial charge on any atom is -0.478 e. The fraction of sp³-hybridized carbons (Fsp3) is 0. The van der Waals surface area contributed by atoms with Crippen LogP contribution >= 0.6 is 27.7 Å². The minimum atomic E-state index is -1.05. The molecule has 0 aliphatic carbocycles. The maximum atomic E-state index is 10.9. The lowest BCUT2D eigenvalue weighted by Crippen LogP contribution is -2.04. The summed E-state index contributed by atoms with van der Waals surface area (Å²) in [6, 6.07) is 9.01. The predicted octanol–water partition coefficient (Wildman–Crippen LogP) is 3.28. The van der Waals surface area contributed by atoms with Gasteiger partial charge in [-0.3, -0.25) is 0 Å². The lowest BCUT2D eigenvalue weighted by Gasteiger charge is -2.06.